The van der Waals surface area contributed by atoms with Gasteiger partial charge in [-0.1, -0.05) is 43.3 Å². The Labute approximate surface area is 172 Å². The summed E-state index contributed by atoms with van der Waals surface area (Å²) in [5.41, 5.74) is 1.21. The Hall–Kier alpha value is -3.68. The smallest absolute Gasteiger partial charge is 0.332 e. The van der Waals surface area contributed by atoms with E-state index in [1.165, 1.54) is 9.13 Å². The van der Waals surface area contributed by atoms with Crippen molar-refractivity contribution in [3.05, 3.63) is 92.6 Å². The molecule has 0 amide bonds. The summed E-state index contributed by atoms with van der Waals surface area (Å²) in [5, 5.41) is 10.7. The van der Waals surface area contributed by atoms with Crippen LogP contribution in [0.2, 0.25) is 0 Å². The van der Waals surface area contributed by atoms with Gasteiger partial charge in [0, 0.05) is 31.9 Å². The molecule has 0 aliphatic carbocycles. The van der Waals surface area contributed by atoms with Crippen LogP contribution in [-0.4, -0.2) is 29.0 Å². The molecule has 30 heavy (non-hydrogen) atoms. The molecule has 1 N–H and O–H groups in total. The number of imidazole rings is 1. The molecule has 0 atom stereocenters. The zero-order valence-corrected chi connectivity index (χ0v) is 16.7. The van der Waals surface area contributed by atoms with Crippen LogP contribution in [0.5, 0.6) is 0 Å². The monoisotopic (exact) mass is 405 g/mol. The Morgan fingerprint density at radius 3 is 2.43 bits per heavy atom. The molecule has 0 bridgehead atoms. The van der Waals surface area contributed by atoms with Gasteiger partial charge in [-0.15, -0.1) is 0 Å². The molecule has 0 unspecified atom stereocenters. The van der Waals surface area contributed by atoms with Gasteiger partial charge >= 0.3 is 5.69 Å². The highest BCUT2D eigenvalue weighted by atomic mass is 16.5. The summed E-state index contributed by atoms with van der Waals surface area (Å²) in [7, 11) is 0. The molecule has 8 heteroatoms. The predicted octanol–water partition coefficient (Wildman–Crippen LogP) is 2.24. The molecular formula is C22H23N5O3. The maximum absolute atomic E-state index is 13.1. The van der Waals surface area contributed by atoms with E-state index >= 15 is 0 Å². The van der Waals surface area contributed by atoms with E-state index in [4.69, 9.17) is 0 Å². The van der Waals surface area contributed by atoms with E-state index in [1.807, 2.05) is 43.3 Å². The third kappa shape index (κ3) is 3.63. The van der Waals surface area contributed by atoms with Gasteiger partial charge in [-0.25, -0.2) is 9.78 Å². The van der Waals surface area contributed by atoms with Gasteiger partial charge in [0.25, 0.3) is 5.56 Å². The normalized spacial score (nSPS) is 11.2. The molecule has 154 valence electrons. The molecule has 3 heterocycles. The van der Waals surface area contributed by atoms with Crippen LogP contribution in [0.3, 0.4) is 0 Å². The predicted molar refractivity (Wildman–Crippen MR) is 113 cm³/mol. The molecule has 4 aromatic rings. The largest absolute Gasteiger partial charge is 0.426 e. The lowest BCUT2D eigenvalue weighted by Crippen LogP contribution is -2.40. The van der Waals surface area contributed by atoms with Gasteiger partial charge < -0.3 is 5.21 Å². The third-order valence-corrected chi connectivity index (χ3v) is 5.07. The number of hydrogen-bond donors (Lipinski definition) is 1. The van der Waals surface area contributed by atoms with Crippen molar-refractivity contribution in [3.63, 3.8) is 0 Å². The number of benzene rings is 1. The van der Waals surface area contributed by atoms with Gasteiger partial charge in [-0.05, 0) is 30.0 Å². The fraction of sp³-hybridized carbons (Fsp3) is 0.273. The number of rotatable bonds is 7. The van der Waals surface area contributed by atoms with E-state index in [9.17, 15) is 14.8 Å². The van der Waals surface area contributed by atoms with E-state index in [1.54, 1.807) is 18.5 Å². The maximum Gasteiger partial charge on any atom is 0.332 e. The van der Waals surface area contributed by atoms with E-state index in [0.29, 0.717) is 25.8 Å². The van der Waals surface area contributed by atoms with Crippen molar-refractivity contribution in [2.45, 2.75) is 39.3 Å². The Morgan fingerprint density at radius 1 is 0.967 bits per heavy atom. The molecule has 0 saturated heterocycles. The number of nitrogens with zero attached hydrogens (tertiary/aromatic N) is 5. The van der Waals surface area contributed by atoms with E-state index in [0.717, 1.165) is 15.9 Å². The lowest BCUT2D eigenvalue weighted by atomic mass is 10.1. The van der Waals surface area contributed by atoms with Gasteiger partial charge in [0.2, 0.25) is 0 Å². The summed E-state index contributed by atoms with van der Waals surface area (Å²) >= 11 is 0. The van der Waals surface area contributed by atoms with Gasteiger partial charge in [-0.3, -0.25) is 18.9 Å². The minimum Gasteiger partial charge on any atom is -0.426 e. The number of pyridine rings is 1. The number of hydrogen-bond acceptors (Lipinski definition) is 5. The SMILES string of the molecule is CCCn1c(=O)c2c(nc(Cc3cccnc3)n2O)n(CCc2ccccc2)c1=O. The van der Waals surface area contributed by atoms with Gasteiger partial charge in [0.1, 0.15) is 0 Å². The zero-order valence-electron chi connectivity index (χ0n) is 16.7. The third-order valence-electron chi connectivity index (χ3n) is 5.07. The van der Waals surface area contributed by atoms with Crippen molar-refractivity contribution in [3.8, 4) is 0 Å². The summed E-state index contributed by atoms with van der Waals surface area (Å²) in [6.07, 6.45) is 4.87. The van der Waals surface area contributed by atoms with E-state index in [-0.39, 0.29) is 23.5 Å². The fourth-order valence-corrected chi connectivity index (χ4v) is 3.58. The Morgan fingerprint density at radius 2 is 1.73 bits per heavy atom. The zero-order chi connectivity index (χ0) is 21.1. The van der Waals surface area contributed by atoms with Crippen molar-refractivity contribution in [2.75, 3.05) is 0 Å². The molecular weight excluding hydrogens is 382 g/mol. The topological polar surface area (TPSA) is 94.9 Å². The molecule has 1 aromatic carbocycles. The van der Waals surface area contributed by atoms with Crippen molar-refractivity contribution in [1.29, 1.82) is 0 Å². The number of aromatic nitrogens is 5. The molecule has 0 spiro atoms. The molecule has 0 aliphatic rings. The molecule has 8 nitrogen and oxygen atoms in total. The molecule has 0 aliphatic heterocycles. The molecule has 0 saturated carbocycles. The summed E-state index contributed by atoms with van der Waals surface area (Å²) in [5.74, 6) is 0.289. The van der Waals surface area contributed by atoms with E-state index < -0.39 is 11.2 Å². The first kappa shape index (κ1) is 19.6. The quantitative estimate of drug-likeness (QED) is 0.476. The standard InChI is InChI=1S/C22H23N5O3/c1-2-12-26-21(28)19-20(24-18(27(19)30)14-17-9-6-11-23-15-17)25(22(26)29)13-10-16-7-4-3-5-8-16/h3-9,11,15,30H,2,10,12-14H2,1H3. The van der Waals surface area contributed by atoms with Crippen molar-refractivity contribution in [2.24, 2.45) is 0 Å². The van der Waals surface area contributed by atoms with Crippen molar-refractivity contribution < 1.29 is 5.21 Å². The summed E-state index contributed by atoms with van der Waals surface area (Å²) < 4.78 is 3.48. The average Bonchev–Trinajstić information content (AvgIpc) is 3.08. The summed E-state index contributed by atoms with van der Waals surface area (Å²) in [4.78, 5) is 34.6. The Bertz CT molecular complexity index is 1270. The van der Waals surface area contributed by atoms with Gasteiger partial charge in [-0.2, -0.15) is 4.73 Å². The van der Waals surface area contributed by atoms with Crippen LogP contribution >= 0.6 is 0 Å². The molecule has 4 rings (SSSR count). The highest BCUT2D eigenvalue weighted by Crippen LogP contribution is 2.14. The van der Waals surface area contributed by atoms with Crippen LogP contribution in [0.4, 0.5) is 0 Å². The first-order valence-electron chi connectivity index (χ1n) is 9.97. The highest BCUT2D eigenvalue weighted by molar-refractivity contribution is 5.70. The minimum atomic E-state index is -0.528. The van der Waals surface area contributed by atoms with Crippen molar-refractivity contribution in [1.82, 2.24) is 23.8 Å². The molecule has 0 fully saturated rings. The lowest BCUT2D eigenvalue weighted by molar-refractivity contribution is 0.188. The second-order valence-corrected chi connectivity index (χ2v) is 7.18. The first-order valence-corrected chi connectivity index (χ1v) is 9.97. The van der Waals surface area contributed by atoms with Crippen LogP contribution in [0, 0.1) is 0 Å². The number of aryl methyl sites for hydroxylation is 2. The van der Waals surface area contributed by atoms with Crippen LogP contribution in [0.1, 0.15) is 30.3 Å². The number of fused-ring (bicyclic) bond motifs is 1. The van der Waals surface area contributed by atoms with Crippen LogP contribution in [-0.2, 0) is 25.9 Å². The second kappa shape index (κ2) is 8.36. The Balaban J connectivity index is 1.84. The first-order chi connectivity index (χ1) is 14.6. The minimum absolute atomic E-state index is 0.0231. The lowest BCUT2D eigenvalue weighted by Gasteiger charge is -2.11. The highest BCUT2D eigenvalue weighted by Gasteiger charge is 2.21. The van der Waals surface area contributed by atoms with Gasteiger partial charge in [0.05, 0.1) is 0 Å². The van der Waals surface area contributed by atoms with Crippen LogP contribution in [0.15, 0.2) is 64.4 Å². The average molecular weight is 405 g/mol. The van der Waals surface area contributed by atoms with E-state index in [2.05, 4.69) is 9.97 Å². The Kier molecular flexibility index (Phi) is 5.47. The van der Waals surface area contributed by atoms with Crippen molar-refractivity contribution >= 4 is 11.2 Å². The second-order valence-electron chi connectivity index (χ2n) is 7.18. The molecule has 3 aromatic heterocycles. The summed E-state index contributed by atoms with van der Waals surface area (Å²) in [6, 6.07) is 13.5. The van der Waals surface area contributed by atoms with Crippen LogP contribution < -0.4 is 11.2 Å². The summed E-state index contributed by atoms with van der Waals surface area (Å²) in [6.45, 7) is 2.53. The van der Waals surface area contributed by atoms with Gasteiger partial charge in [0.15, 0.2) is 17.0 Å². The molecule has 0 radical (unpaired) electrons. The fourth-order valence-electron chi connectivity index (χ4n) is 3.58. The maximum atomic E-state index is 13.1. The van der Waals surface area contributed by atoms with Crippen LogP contribution in [0.25, 0.3) is 11.2 Å².